The molecule has 0 spiro atoms. The molecule has 58 valence electrons. The molecule has 0 bridgehead atoms. The largest absolute Gasteiger partial charge is 0.360 e. The van der Waals surface area contributed by atoms with Crippen LogP contribution in [0, 0.1) is 11.3 Å². The van der Waals surface area contributed by atoms with E-state index >= 15 is 0 Å². The first-order valence-corrected chi connectivity index (χ1v) is 3.86. The van der Waals surface area contributed by atoms with Gasteiger partial charge in [-0.05, 0) is 18.2 Å². The van der Waals surface area contributed by atoms with Crippen molar-refractivity contribution in [1.82, 2.24) is 4.98 Å². The van der Waals surface area contributed by atoms with Gasteiger partial charge in [0.25, 0.3) is 0 Å². The van der Waals surface area contributed by atoms with Gasteiger partial charge in [-0.15, -0.1) is 0 Å². The van der Waals surface area contributed by atoms with Gasteiger partial charge in [-0.2, -0.15) is 5.26 Å². The smallest absolute Gasteiger partial charge is 0.101 e. The van der Waals surface area contributed by atoms with Gasteiger partial charge in [0.15, 0.2) is 0 Å². The van der Waals surface area contributed by atoms with E-state index in [-0.39, 0.29) is 0 Å². The fourth-order valence-corrected chi connectivity index (χ4v) is 1.43. The number of H-pyrrole nitrogens is 1. The maximum Gasteiger partial charge on any atom is 0.101 e. The predicted molar refractivity (Wildman–Crippen MR) is 48.0 cm³/mol. The summed E-state index contributed by atoms with van der Waals surface area (Å²) in [4.78, 5) is 2.97. The molecule has 0 unspecified atom stereocenters. The van der Waals surface area contributed by atoms with Gasteiger partial charge in [-0.1, -0.05) is 11.6 Å². The summed E-state index contributed by atoms with van der Waals surface area (Å²) in [5.41, 5.74) is 1.43. The lowest BCUT2D eigenvalue weighted by Gasteiger charge is -1.94. The van der Waals surface area contributed by atoms with Crippen LogP contribution in [0.1, 0.15) is 5.56 Å². The molecule has 0 aliphatic heterocycles. The number of halogens is 1. The molecule has 0 fully saturated rings. The molecule has 1 heterocycles. The third-order valence-corrected chi connectivity index (χ3v) is 2.12. The number of fused-ring (bicyclic) bond motifs is 1. The van der Waals surface area contributed by atoms with E-state index < -0.39 is 0 Å². The minimum absolute atomic E-state index is 0.624. The molecule has 2 nitrogen and oxygen atoms in total. The number of nitrogens with one attached hydrogen (secondary N) is 1. The minimum atomic E-state index is 0.624. The number of hydrogen-bond acceptors (Lipinski definition) is 1. The normalized spacial score (nSPS) is 10.0. The Labute approximate surface area is 74.4 Å². The molecule has 1 N–H and O–H groups in total. The lowest BCUT2D eigenvalue weighted by molar-refractivity contribution is 1.44. The Morgan fingerprint density at radius 3 is 2.92 bits per heavy atom. The lowest BCUT2D eigenvalue weighted by atomic mass is 10.2. The standard InChI is InChI=1S/C9H5ClN2/c10-8-2-1-6(5-11)9-7(8)3-4-12-9/h1-4,12H. The number of hydrogen-bond donors (Lipinski definition) is 1. The van der Waals surface area contributed by atoms with E-state index in [9.17, 15) is 0 Å². The number of nitriles is 1. The summed E-state index contributed by atoms with van der Waals surface area (Å²) in [6, 6.07) is 7.39. The Kier molecular flexibility index (Phi) is 1.53. The quantitative estimate of drug-likeness (QED) is 0.659. The number of rotatable bonds is 0. The van der Waals surface area contributed by atoms with Gasteiger partial charge >= 0.3 is 0 Å². The molecular formula is C9H5ClN2. The highest BCUT2D eigenvalue weighted by Crippen LogP contribution is 2.24. The predicted octanol–water partition coefficient (Wildman–Crippen LogP) is 2.69. The van der Waals surface area contributed by atoms with Crippen LogP contribution in [0.2, 0.25) is 5.02 Å². The highest BCUT2D eigenvalue weighted by Gasteiger charge is 2.03. The first-order chi connectivity index (χ1) is 5.83. The van der Waals surface area contributed by atoms with E-state index in [1.165, 1.54) is 0 Å². The van der Waals surface area contributed by atoms with Gasteiger partial charge in [0.05, 0.1) is 16.1 Å². The second-order valence-electron chi connectivity index (χ2n) is 2.47. The van der Waals surface area contributed by atoms with E-state index in [1.807, 2.05) is 6.07 Å². The van der Waals surface area contributed by atoms with Crippen molar-refractivity contribution < 1.29 is 0 Å². The summed E-state index contributed by atoms with van der Waals surface area (Å²) in [6.45, 7) is 0. The van der Waals surface area contributed by atoms with Gasteiger partial charge in [0, 0.05) is 11.6 Å². The van der Waals surface area contributed by atoms with E-state index in [1.54, 1.807) is 18.3 Å². The summed E-state index contributed by atoms with van der Waals surface area (Å²) in [7, 11) is 0. The van der Waals surface area contributed by atoms with Crippen LogP contribution in [-0.2, 0) is 0 Å². The Morgan fingerprint density at radius 2 is 2.17 bits per heavy atom. The van der Waals surface area contributed by atoms with Gasteiger partial charge in [0.1, 0.15) is 6.07 Å². The molecule has 0 radical (unpaired) electrons. The first kappa shape index (κ1) is 7.20. The van der Waals surface area contributed by atoms with Crippen molar-refractivity contribution in [2.75, 3.05) is 0 Å². The van der Waals surface area contributed by atoms with Crippen LogP contribution < -0.4 is 0 Å². The van der Waals surface area contributed by atoms with Crippen LogP contribution in [0.3, 0.4) is 0 Å². The topological polar surface area (TPSA) is 39.6 Å². The molecule has 0 saturated carbocycles. The van der Waals surface area contributed by atoms with Crippen LogP contribution in [0.5, 0.6) is 0 Å². The lowest BCUT2D eigenvalue weighted by Crippen LogP contribution is -1.77. The highest BCUT2D eigenvalue weighted by molar-refractivity contribution is 6.35. The molecule has 0 aliphatic carbocycles. The molecule has 1 aromatic heterocycles. The summed E-state index contributed by atoms with van der Waals surface area (Å²) in [5.74, 6) is 0. The van der Waals surface area contributed by atoms with Gasteiger partial charge in [-0.25, -0.2) is 0 Å². The van der Waals surface area contributed by atoms with Gasteiger partial charge < -0.3 is 4.98 Å². The third-order valence-electron chi connectivity index (χ3n) is 1.79. The van der Waals surface area contributed by atoms with Crippen molar-refractivity contribution in [2.45, 2.75) is 0 Å². The molecule has 0 saturated heterocycles. The maximum atomic E-state index is 8.73. The van der Waals surface area contributed by atoms with Crippen LogP contribution in [0.4, 0.5) is 0 Å². The summed E-state index contributed by atoms with van der Waals surface area (Å²) in [6.07, 6.45) is 1.78. The SMILES string of the molecule is N#Cc1ccc(Cl)c2cc[nH]c12. The summed E-state index contributed by atoms with van der Waals surface area (Å²) >= 11 is 5.90. The fraction of sp³-hybridized carbons (Fsp3) is 0. The van der Waals surface area contributed by atoms with Crippen LogP contribution >= 0.6 is 11.6 Å². The zero-order chi connectivity index (χ0) is 8.55. The molecule has 2 aromatic rings. The molecule has 0 amide bonds. The van der Waals surface area contributed by atoms with Crippen LogP contribution in [-0.4, -0.2) is 4.98 Å². The molecule has 2 rings (SSSR count). The summed E-state index contributed by atoms with van der Waals surface area (Å²) in [5, 5.41) is 10.3. The van der Waals surface area contributed by atoms with Crippen molar-refractivity contribution in [3.8, 4) is 6.07 Å². The zero-order valence-electron chi connectivity index (χ0n) is 6.13. The molecule has 12 heavy (non-hydrogen) atoms. The molecule has 0 aliphatic rings. The Hall–Kier alpha value is -1.46. The van der Waals surface area contributed by atoms with E-state index in [2.05, 4.69) is 11.1 Å². The molecule has 0 atom stereocenters. The van der Waals surface area contributed by atoms with E-state index in [0.29, 0.717) is 10.6 Å². The van der Waals surface area contributed by atoms with Crippen molar-refractivity contribution in [3.05, 3.63) is 35.0 Å². The average Bonchev–Trinajstić information content (AvgIpc) is 2.54. The van der Waals surface area contributed by atoms with Crippen LogP contribution in [0.15, 0.2) is 24.4 Å². The minimum Gasteiger partial charge on any atom is -0.360 e. The summed E-state index contributed by atoms with van der Waals surface area (Å²) < 4.78 is 0. The van der Waals surface area contributed by atoms with Crippen molar-refractivity contribution in [2.24, 2.45) is 0 Å². The molecule has 1 aromatic carbocycles. The number of aromatic amines is 1. The maximum absolute atomic E-state index is 8.73. The van der Waals surface area contributed by atoms with Crippen LogP contribution in [0.25, 0.3) is 10.9 Å². The monoisotopic (exact) mass is 176 g/mol. The number of nitrogens with zero attached hydrogens (tertiary/aromatic N) is 1. The van der Waals surface area contributed by atoms with Crippen molar-refractivity contribution >= 4 is 22.5 Å². The zero-order valence-corrected chi connectivity index (χ0v) is 6.89. The number of aromatic nitrogens is 1. The molecule has 3 heteroatoms. The Morgan fingerprint density at radius 1 is 1.33 bits per heavy atom. The second kappa shape index (κ2) is 2.54. The average molecular weight is 177 g/mol. The van der Waals surface area contributed by atoms with E-state index in [4.69, 9.17) is 16.9 Å². The Bertz CT molecular complexity index is 465. The van der Waals surface area contributed by atoms with Gasteiger partial charge in [-0.3, -0.25) is 0 Å². The second-order valence-corrected chi connectivity index (χ2v) is 2.88. The Balaban J connectivity index is 2.94. The molecular weight excluding hydrogens is 172 g/mol. The fourth-order valence-electron chi connectivity index (χ4n) is 1.21. The van der Waals surface area contributed by atoms with Gasteiger partial charge in [0.2, 0.25) is 0 Å². The number of benzene rings is 1. The van der Waals surface area contributed by atoms with E-state index in [0.717, 1.165) is 10.9 Å². The first-order valence-electron chi connectivity index (χ1n) is 3.48. The van der Waals surface area contributed by atoms with Crippen molar-refractivity contribution in [1.29, 1.82) is 5.26 Å². The van der Waals surface area contributed by atoms with Crippen molar-refractivity contribution in [3.63, 3.8) is 0 Å². The highest BCUT2D eigenvalue weighted by atomic mass is 35.5. The third kappa shape index (κ3) is 0.876.